The molecule has 5 heteroatoms. The van der Waals surface area contributed by atoms with Crippen molar-refractivity contribution in [3.8, 4) is 6.07 Å². The van der Waals surface area contributed by atoms with Crippen LogP contribution in [0.2, 0.25) is 0 Å². The second-order valence-corrected chi connectivity index (χ2v) is 10.5. The maximum absolute atomic E-state index is 9.24. The Balaban J connectivity index is 1.86. The van der Waals surface area contributed by atoms with Gasteiger partial charge in [0.2, 0.25) is 0 Å². The number of benzene rings is 1. The minimum absolute atomic E-state index is 0.00288. The summed E-state index contributed by atoms with van der Waals surface area (Å²) in [6, 6.07) is 10.4. The maximum atomic E-state index is 9.24. The summed E-state index contributed by atoms with van der Waals surface area (Å²) < 4.78 is 0. The van der Waals surface area contributed by atoms with Gasteiger partial charge < -0.3 is 0 Å². The Morgan fingerprint density at radius 3 is 2.17 bits per heavy atom. The number of thiocarbonyl (C=S) groups is 1. The van der Waals surface area contributed by atoms with Gasteiger partial charge in [-0.15, -0.1) is 0 Å². The Morgan fingerprint density at radius 2 is 1.60 bits per heavy atom. The number of piperidine rings is 1. The Bertz CT molecular complexity index is 847. The maximum Gasteiger partial charge on any atom is 0.127 e. The van der Waals surface area contributed by atoms with Gasteiger partial charge in [0.05, 0.1) is 28.2 Å². The molecule has 2 aliphatic heterocycles. The lowest BCUT2D eigenvalue weighted by Gasteiger charge is -2.44. The van der Waals surface area contributed by atoms with Gasteiger partial charge in [-0.3, -0.25) is 14.8 Å². The first-order valence-electron chi connectivity index (χ1n) is 11.5. The van der Waals surface area contributed by atoms with Gasteiger partial charge in [-0.2, -0.15) is 5.26 Å². The molecule has 2 heterocycles. The molecule has 1 saturated carbocycles. The van der Waals surface area contributed by atoms with Crippen LogP contribution in [0.1, 0.15) is 77.7 Å². The third kappa shape index (κ3) is 3.92. The summed E-state index contributed by atoms with van der Waals surface area (Å²) in [5.41, 5.74) is 1.55. The van der Waals surface area contributed by atoms with Crippen LogP contribution < -0.4 is 4.90 Å². The van der Waals surface area contributed by atoms with E-state index in [0.29, 0.717) is 5.56 Å². The molecule has 0 unspecified atom stereocenters. The molecule has 0 amide bonds. The quantitative estimate of drug-likeness (QED) is 0.573. The molecule has 1 aliphatic carbocycles. The van der Waals surface area contributed by atoms with Crippen molar-refractivity contribution in [3.63, 3.8) is 0 Å². The summed E-state index contributed by atoms with van der Waals surface area (Å²) in [4.78, 5) is 11.3. The number of hydrogen-bond donors (Lipinski definition) is 0. The van der Waals surface area contributed by atoms with Crippen molar-refractivity contribution < 1.29 is 0 Å². The largest absolute Gasteiger partial charge is 0.293 e. The van der Waals surface area contributed by atoms with Crippen LogP contribution in [0.25, 0.3) is 0 Å². The van der Waals surface area contributed by atoms with E-state index in [1.165, 1.54) is 38.5 Å². The van der Waals surface area contributed by atoms with E-state index in [4.69, 9.17) is 17.2 Å². The molecule has 0 bridgehead atoms. The van der Waals surface area contributed by atoms with Crippen molar-refractivity contribution >= 4 is 28.7 Å². The van der Waals surface area contributed by atoms with Crippen LogP contribution in [-0.2, 0) is 0 Å². The lowest BCUT2D eigenvalue weighted by molar-refractivity contribution is 0.112. The fourth-order valence-electron chi connectivity index (χ4n) is 5.56. The van der Waals surface area contributed by atoms with Crippen LogP contribution in [0.5, 0.6) is 0 Å². The van der Waals surface area contributed by atoms with Crippen molar-refractivity contribution in [2.75, 3.05) is 18.0 Å². The van der Waals surface area contributed by atoms with E-state index in [9.17, 15) is 5.26 Å². The highest BCUT2D eigenvalue weighted by molar-refractivity contribution is 7.80. The van der Waals surface area contributed by atoms with E-state index in [0.717, 1.165) is 42.4 Å². The molecular weight excluding hydrogens is 388 g/mol. The summed E-state index contributed by atoms with van der Waals surface area (Å²) in [5, 5.41) is 9.24. The number of hydrogen-bond acceptors (Lipinski definition) is 4. The van der Waals surface area contributed by atoms with E-state index in [1.54, 1.807) is 0 Å². The van der Waals surface area contributed by atoms with E-state index >= 15 is 0 Å². The lowest BCUT2D eigenvalue weighted by atomic mass is 9.69. The number of anilines is 1. The van der Waals surface area contributed by atoms with Crippen LogP contribution in [0.3, 0.4) is 0 Å². The van der Waals surface area contributed by atoms with E-state index in [-0.39, 0.29) is 17.0 Å². The molecule has 4 rings (SSSR count). The second-order valence-electron chi connectivity index (χ2n) is 10.2. The molecule has 1 aromatic carbocycles. The van der Waals surface area contributed by atoms with Gasteiger partial charge in [0.1, 0.15) is 5.84 Å². The Hall–Kier alpha value is -1.77. The molecule has 30 heavy (non-hydrogen) atoms. The van der Waals surface area contributed by atoms with Crippen molar-refractivity contribution in [2.45, 2.75) is 83.7 Å². The standard InChI is InChI=1S/C25H34N4S/c1-24(2,3)27-22-21(28-16-8-5-9-17-28)25(14-6-4-7-15-25)23(30)29(22)20-12-10-19(18-26)11-13-20/h10-13,21H,4-9,14-17H2,1-3H3/t21-/m0/s1. The summed E-state index contributed by atoms with van der Waals surface area (Å²) in [7, 11) is 0. The number of likely N-dealkylation sites (tertiary alicyclic amines) is 1. The highest BCUT2D eigenvalue weighted by Crippen LogP contribution is 2.50. The van der Waals surface area contributed by atoms with Crippen LogP contribution in [-0.4, -0.2) is 40.4 Å². The zero-order valence-electron chi connectivity index (χ0n) is 18.7. The summed E-state index contributed by atoms with van der Waals surface area (Å²) in [6.07, 6.45) is 9.96. The fraction of sp³-hybridized carbons (Fsp3) is 0.640. The highest BCUT2D eigenvalue weighted by atomic mass is 32.1. The van der Waals surface area contributed by atoms with Gasteiger partial charge in [0.15, 0.2) is 0 Å². The highest BCUT2D eigenvalue weighted by Gasteiger charge is 2.57. The topological polar surface area (TPSA) is 42.6 Å². The van der Waals surface area contributed by atoms with Crippen molar-refractivity contribution in [1.82, 2.24) is 4.90 Å². The zero-order chi connectivity index (χ0) is 21.4. The summed E-state index contributed by atoms with van der Waals surface area (Å²) in [6.45, 7) is 8.82. The monoisotopic (exact) mass is 422 g/mol. The lowest BCUT2D eigenvalue weighted by Crippen LogP contribution is -2.53. The van der Waals surface area contributed by atoms with Crippen molar-refractivity contribution in [1.29, 1.82) is 5.26 Å². The number of amidine groups is 1. The Labute approximate surface area is 187 Å². The zero-order valence-corrected chi connectivity index (χ0v) is 19.5. The van der Waals surface area contributed by atoms with E-state index in [2.05, 4.69) is 36.6 Å². The predicted octanol–water partition coefficient (Wildman–Crippen LogP) is 5.71. The van der Waals surface area contributed by atoms with Crippen LogP contribution in [0.4, 0.5) is 5.69 Å². The van der Waals surface area contributed by atoms with Crippen LogP contribution >= 0.6 is 12.2 Å². The molecule has 0 aromatic heterocycles. The molecule has 1 aromatic rings. The van der Waals surface area contributed by atoms with Crippen molar-refractivity contribution in [2.24, 2.45) is 10.4 Å². The molecule has 3 fully saturated rings. The van der Waals surface area contributed by atoms with Gasteiger partial charge in [0, 0.05) is 11.1 Å². The predicted molar refractivity (Wildman–Crippen MR) is 128 cm³/mol. The first-order chi connectivity index (χ1) is 14.4. The van der Waals surface area contributed by atoms with Gasteiger partial charge in [-0.1, -0.05) is 37.9 Å². The first-order valence-corrected chi connectivity index (χ1v) is 12.0. The van der Waals surface area contributed by atoms with E-state index in [1.807, 2.05) is 24.3 Å². The van der Waals surface area contributed by atoms with Gasteiger partial charge in [-0.25, -0.2) is 0 Å². The van der Waals surface area contributed by atoms with Crippen molar-refractivity contribution in [3.05, 3.63) is 29.8 Å². The SMILES string of the molecule is CC(C)(C)N=C1[C@H](N2CCCCC2)C2(CCCCC2)C(=S)N1c1ccc(C#N)cc1. The minimum atomic E-state index is -0.177. The smallest absolute Gasteiger partial charge is 0.127 e. The third-order valence-electron chi connectivity index (χ3n) is 6.83. The average molecular weight is 423 g/mol. The molecule has 4 nitrogen and oxygen atoms in total. The molecular formula is C25H34N4S. The minimum Gasteiger partial charge on any atom is -0.293 e. The van der Waals surface area contributed by atoms with Gasteiger partial charge in [-0.05, 0) is 83.8 Å². The van der Waals surface area contributed by atoms with E-state index < -0.39 is 0 Å². The summed E-state index contributed by atoms with van der Waals surface area (Å²) >= 11 is 6.28. The van der Waals surface area contributed by atoms with Gasteiger partial charge in [0.25, 0.3) is 0 Å². The molecule has 160 valence electrons. The second kappa shape index (κ2) is 8.40. The van der Waals surface area contributed by atoms with Crippen LogP contribution in [0.15, 0.2) is 29.3 Å². The molecule has 2 saturated heterocycles. The first kappa shape index (κ1) is 21.5. The molecule has 0 radical (unpaired) electrons. The number of nitrogens with zero attached hydrogens (tertiary/aromatic N) is 4. The molecule has 1 atom stereocenters. The van der Waals surface area contributed by atoms with Gasteiger partial charge >= 0.3 is 0 Å². The molecule has 1 spiro atoms. The third-order valence-corrected chi connectivity index (χ3v) is 7.42. The Morgan fingerprint density at radius 1 is 1.00 bits per heavy atom. The average Bonchev–Trinajstić information content (AvgIpc) is 2.95. The number of rotatable bonds is 2. The number of aliphatic imine (C=N–C) groups is 1. The number of nitriles is 1. The Kier molecular flexibility index (Phi) is 6.01. The van der Waals surface area contributed by atoms with Crippen LogP contribution in [0, 0.1) is 16.7 Å². The molecule has 0 N–H and O–H groups in total. The summed E-state index contributed by atoms with van der Waals surface area (Å²) in [5.74, 6) is 1.13. The fourth-order valence-corrected chi connectivity index (χ4v) is 6.08. The normalized spacial score (nSPS) is 26.3. The molecule has 3 aliphatic rings.